The van der Waals surface area contributed by atoms with Crippen LogP contribution in [-0.4, -0.2) is 40.5 Å². The summed E-state index contributed by atoms with van der Waals surface area (Å²) in [5.74, 6) is 1.02. The molecule has 0 aliphatic carbocycles. The number of hydrogen-bond donors (Lipinski definition) is 0. The molecule has 0 radical (unpaired) electrons. The lowest BCUT2D eigenvalue weighted by Gasteiger charge is -2.51. The second kappa shape index (κ2) is 6.78. The van der Waals surface area contributed by atoms with Crippen LogP contribution in [-0.2, 0) is 0 Å². The van der Waals surface area contributed by atoms with Crippen molar-refractivity contribution in [1.82, 2.24) is 9.91 Å². The van der Waals surface area contributed by atoms with Gasteiger partial charge < -0.3 is 9.64 Å². The van der Waals surface area contributed by atoms with E-state index in [9.17, 15) is 0 Å². The second-order valence-corrected chi connectivity index (χ2v) is 8.77. The van der Waals surface area contributed by atoms with Crippen molar-refractivity contribution >= 4 is 17.3 Å². The van der Waals surface area contributed by atoms with Crippen LogP contribution in [0.25, 0.3) is 0 Å². The Morgan fingerprint density at radius 1 is 1.07 bits per heavy atom. The number of piperidine rings is 1. The standard InChI is InChI=1S/C23H26ClN3O/c1-16(2)26-13-11-23(12-14-26)27-21(19-5-3-4-6-22(19)28-23)15-20(25-27)17-7-9-18(24)10-8-17/h3-10,16,21H,11-15H2,1-2H3/t21-/m0/s1. The van der Waals surface area contributed by atoms with Crippen LogP contribution < -0.4 is 4.74 Å². The fourth-order valence-corrected chi connectivity index (χ4v) is 4.89. The molecule has 4 nitrogen and oxygen atoms in total. The predicted octanol–water partition coefficient (Wildman–Crippen LogP) is 5.08. The minimum absolute atomic E-state index is 0.237. The number of rotatable bonds is 2. The zero-order valence-electron chi connectivity index (χ0n) is 16.4. The maximum absolute atomic E-state index is 6.68. The molecule has 1 fully saturated rings. The number of likely N-dealkylation sites (tertiary alicyclic amines) is 1. The number of fused-ring (bicyclic) bond motifs is 4. The molecule has 0 aromatic heterocycles. The third kappa shape index (κ3) is 2.90. The van der Waals surface area contributed by atoms with E-state index in [1.807, 2.05) is 12.1 Å². The van der Waals surface area contributed by atoms with Crippen molar-refractivity contribution in [3.8, 4) is 5.75 Å². The van der Waals surface area contributed by atoms with Gasteiger partial charge in [-0.1, -0.05) is 41.9 Å². The van der Waals surface area contributed by atoms with Crippen molar-refractivity contribution in [2.75, 3.05) is 13.1 Å². The Hall–Kier alpha value is -2.04. The lowest BCUT2D eigenvalue weighted by atomic mass is 9.90. The van der Waals surface area contributed by atoms with E-state index >= 15 is 0 Å². The molecule has 2 aromatic carbocycles. The van der Waals surface area contributed by atoms with Crippen LogP contribution in [0.2, 0.25) is 5.02 Å². The highest BCUT2D eigenvalue weighted by atomic mass is 35.5. The number of halogens is 1. The van der Waals surface area contributed by atoms with Gasteiger partial charge in [0, 0.05) is 49.0 Å². The summed E-state index contributed by atoms with van der Waals surface area (Å²) in [6.07, 6.45) is 2.83. The molecular formula is C23H26ClN3O. The molecule has 0 N–H and O–H groups in total. The highest BCUT2D eigenvalue weighted by molar-refractivity contribution is 6.30. The van der Waals surface area contributed by atoms with E-state index in [1.54, 1.807) is 0 Å². The number of hydrazone groups is 1. The highest BCUT2D eigenvalue weighted by Gasteiger charge is 2.51. The van der Waals surface area contributed by atoms with Gasteiger partial charge in [-0.3, -0.25) is 0 Å². The Bertz CT molecular complexity index is 900. The molecule has 0 saturated carbocycles. The van der Waals surface area contributed by atoms with Crippen molar-refractivity contribution in [2.24, 2.45) is 5.10 Å². The van der Waals surface area contributed by atoms with E-state index in [4.69, 9.17) is 21.4 Å². The summed E-state index contributed by atoms with van der Waals surface area (Å²) < 4.78 is 6.68. The first kappa shape index (κ1) is 18.0. The summed E-state index contributed by atoms with van der Waals surface area (Å²) in [6, 6.07) is 17.3. The topological polar surface area (TPSA) is 28.1 Å². The van der Waals surface area contributed by atoms with Gasteiger partial charge >= 0.3 is 0 Å². The average molecular weight is 396 g/mol. The van der Waals surface area contributed by atoms with Gasteiger partial charge in [0.1, 0.15) is 5.75 Å². The van der Waals surface area contributed by atoms with E-state index in [1.165, 1.54) is 5.56 Å². The molecular weight excluding hydrogens is 370 g/mol. The smallest absolute Gasteiger partial charge is 0.200 e. The monoisotopic (exact) mass is 395 g/mol. The summed E-state index contributed by atoms with van der Waals surface area (Å²) in [6.45, 7) is 6.61. The minimum Gasteiger partial charge on any atom is -0.466 e. The van der Waals surface area contributed by atoms with Crippen LogP contribution >= 0.6 is 11.6 Å². The van der Waals surface area contributed by atoms with Gasteiger partial charge in [-0.05, 0) is 37.6 Å². The average Bonchev–Trinajstić information content (AvgIpc) is 3.16. The molecule has 1 atom stereocenters. The highest BCUT2D eigenvalue weighted by Crippen LogP contribution is 2.50. The fourth-order valence-electron chi connectivity index (χ4n) is 4.77. The molecule has 3 aliphatic heterocycles. The summed E-state index contributed by atoms with van der Waals surface area (Å²) in [5.41, 5.74) is 3.16. The molecule has 146 valence electrons. The molecule has 2 aromatic rings. The third-order valence-corrected chi connectivity index (χ3v) is 6.64. The molecule has 5 rings (SSSR count). The molecule has 5 heteroatoms. The first-order chi connectivity index (χ1) is 13.6. The van der Waals surface area contributed by atoms with Crippen LogP contribution in [0.15, 0.2) is 53.6 Å². The third-order valence-electron chi connectivity index (χ3n) is 6.39. The minimum atomic E-state index is -0.349. The summed E-state index contributed by atoms with van der Waals surface area (Å²) in [5, 5.41) is 8.15. The Kier molecular flexibility index (Phi) is 4.37. The van der Waals surface area contributed by atoms with Gasteiger partial charge in [0.2, 0.25) is 5.72 Å². The SMILES string of the molecule is CC(C)N1CCC2(CC1)Oc1ccccc1[C@@H]1CC(c3ccc(Cl)cc3)=NN12. The van der Waals surface area contributed by atoms with Crippen LogP contribution in [0.5, 0.6) is 5.75 Å². The van der Waals surface area contributed by atoms with Gasteiger partial charge in [-0.25, -0.2) is 5.01 Å². The summed E-state index contributed by atoms with van der Waals surface area (Å²) in [4.78, 5) is 2.53. The zero-order chi connectivity index (χ0) is 19.3. The predicted molar refractivity (Wildman–Crippen MR) is 113 cm³/mol. The molecule has 3 heterocycles. The first-order valence-corrected chi connectivity index (χ1v) is 10.6. The number of nitrogens with zero attached hydrogens (tertiary/aromatic N) is 3. The number of para-hydroxylation sites is 1. The van der Waals surface area contributed by atoms with Crippen molar-refractivity contribution < 1.29 is 4.74 Å². The molecule has 1 saturated heterocycles. The largest absolute Gasteiger partial charge is 0.466 e. The summed E-state index contributed by atoms with van der Waals surface area (Å²) >= 11 is 6.09. The van der Waals surface area contributed by atoms with Gasteiger partial charge in [-0.15, -0.1) is 0 Å². The van der Waals surface area contributed by atoms with E-state index in [-0.39, 0.29) is 11.8 Å². The van der Waals surface area contributed by atoms with Crippen molar-refractivity contribution in [2.45, 2.75) is 50.9 Å². The maximum Gasteiger partial charge on any atom is 0.200 e. The quantitative estimate of drug-likeness (QED) is 0.709. The van der Waals surface area contributed by atoms with Crippen molar-refractivity contribution in [3.63, 3.8) is 0 Å². The zero-order valence-corrected chi connectivity index (χ0v) is 17.2. The van der Waals surface area contributed by atoms with E-state index in [2.05, 4.69) is 60.2 Å². The number of ether oxygens (including phenoxy) is 1. The lowest BCUT2D eigenvalue weighted by molar-refractivity contribution is -0.152. The Labute approximate surface area is 171 Å². The molecule has 0 bridgehead atoms. The second-order valence-electron chi connectivity index (χ2n) is 8.33. The summed E-state index contributed by atoms with van der Waals surface area (Å²) in [7, 11) is 0. The molecule has 28 heavy (non-hydrogen) atoms. The number of benzene rings is 2. The van der Waals surface area contributed by atoms with Crippen molar-refractivity contribution in [1.29, 1.82) is 0 Å². The van der Waals surface area contributed by atoms with Gasteiger partial charge in [0.25, 0.3) is 0 Å². The normalized spacial score (nSPS) is 23.4. The van der Waals surface area contributed by atoms with Crippen molar-refractivity contribution in [3.05, 3.63) is 64.7 Å². The van der Waals surface area contributed by atoms with Gasteiger partial charge in [0.15, 0.2) is 0 Å². The van der Waals surface area contributed by atoms with Gasteiger partial charge in [0.05, 0.1) is 11.8 Å². The van der Waals surface area contributed by atoms with Crippen LogP contribution in [0.4, 0.5) is 0 Å². The molecule has 0 amide bonds. The van der Waals surface area contributed by atoms with Crippen LogP contribution in [0, 0.1) is 0 Å². The Balaban J connectivity index is 1.53. The van der Waals surface area contributed by atoms with E-state index in [0.29, 0.717) is 6.04 Å². The Morgan fingerprint density at radius 3 is 2.50 bits per heavy atom. The van der Waals surface area contributed by atoms with Crippen LogP contribution in [0.3, 0.4) is 0 Å². The Morgan fingerprint density at radius 2 is 1.79 bits per heavy atom. The molecule has 0 unspecified atom stereocenters. The van der Waals surface area contributed by atoms with Gasteiger partial charge in [-0.2, -0.15) is 5.10 Å². The molecule has 3 aliphatic rings. The molecule has 1 spiro atoms. The van der Waals surface area contributed by atoms with Crippen LogP contribution in [0.1, 0.15) is 50.3 Å². The first-order valence-electron chi connectivity index (χ1n) is 10.2. The lowest BCUT2D eigenvalue weighted by Crippen LogP contribution is -2.59. The number of hydrogen-bond acceptors (Lipinski definition) is 4. The van der Waals surface area contributed by atoms with E-state index < -0.39 is 0 Å². The maximum atomic E-state index is 6.68. The fraction of sp³-hybridized carbons (Fsp3) is 0.435. The van der Waals surface area contributed by atoms with E-state index in [0.717, 1.165) is 54.4 Å².